The van der Waals surface area contributed by atoms with Gasteiger partial charge in [-0.1, -0.05) is 53.2 Å². The Balaban J connectivity index is 1.71. The lowest BCUT2D eigenvalue weighted by atomic mass is 10.0. The van der Waals surface area contributed by atoms with Gasteiger partial charge in [0.25, 0.3) is 0 Å². The first kappa shape index (κ1) is 15.4. The number of ketones is 1. The predicted molar refractivity (Wildman–Crippen MR) is 95.4 cm³/mol. The molecule has 0 fully saturated rings. The highest BCUT2D eigenvalue weighted by atomic mass is 35.5. The molecule has 0 aliphatic heterocycles. The van der Waals surface area contributed by atoms with Gasteiger partial charge in [-0.05, 0) is 35.0 Å². The lowest BCUT2D eigenvalue weighted by Gasteiger charge is -2.03. The van der Waals surface area contributed by atoms with Crippen molar-refractivity contribution in [1.82, 2.24) is 15.0 Å². The van der Waals surface area contributed by atoms with E-state index in [4.69, 9.17) is 11.6 Å². The third kappa shape index (κ3) is 2.86. The molecule has 1 N–H and O–H groups in total. The van der Waals surface area contributed by atoms with Crippen molar-refractivity contribution in [2.75, 3.05) is 0 Å². The third-order valence-electron chi connectivity index (χ3n) is 3.92. The molecule has 4 aromatic rings. The van der Waals surface area contributed by atoms with E-state index in [1.165, 1.54) is 16.9 Å². The topological polar surface area (TPSA) is 68.0 Å². The average Bonchev–Trinajstić information content (AvgIpc) is 3.12. The summed E-state index contributed by atoms with van der Waals surface area (Å²) in [4.78, 5) is 12.7. The number of carbonyl (C=O) groups is 1. The summed E-state index contributed by atoms with van der Waals surface area (Å²) in [6.07, 6.45) is 1.48. The molecule has 1 aromatic heterocycles. The number of fused-ring (bicyclic) bond motifs is 1. The molecule has 0 unspecified atom stereocenters. The molecule has 3 aromatic carbocycles. The van der Waals surface area contributed by atoms with Gasteiger partial charge >= 0.3 is 0 Å². The zero-order chi connectivity index (χ0) is 17.4. The lowest BCUT2D eigenvalue weighted by molar-refractivity contribution is 0.103. The van der Waals surface area contributed by atoms with Crippen LogP contribution in [0.4, 0.5) is 0 Å². The van der Waals surface area contributed by atoms with Gasteiger partial charge in [-0.15, -0.1) is 5.10 Å². The van der Waals surface area contributed by atoms with E-state index < -0.39 is 0 Å². The smallest absolute Gasteiger partial charge is 0.214 e. The SMILES string of the molecule is O=C(c1ccc2ccccc2c1)c1cn(-c2cc(Cl)ccc2O)nn1. The van der Waals surface area contributed by atoms with Gasteiger partial charge in [-0.3, -0.25) is 4.79 Å². The van der Waals surface area contributed by atoms with E-state index in [1.54, 1.807) is 18.2 Å². The first-order valence-corrected chi connectivity index (χ1v) is 7.94. The van der Waals surface area contributed by atoms with Crippen molar-refractivity contribution >= 4 is 28.2 Å². The van der Waals surface area contributed by atoms with Crippen molar-refractivity contribution in [2.45, 2.75) is 0 Å². The molecule has 0 spiro atoms. The molecule has 0 amide bonds. The minimum absolute atomic E-state index is 0.000922. The van der Waals surface area contributed by atoms with Crippen molar-refractivity contribution < 1.29 is 9.90 Å². The van der Waals surface area contributed by atoms with Crippen molar-refractivity contribution in [1.29, 1.82) is 0 Å². The van der Waals surface area contributed by atoms with Crippen LogP contribution >= 0.6 is 11.6 Å². The zero-order valence-electron chi connectivity index (χ0n) is 12.9. The van der Waals surface area contributed by atoms with E-state index in [-0.39, 0.29) is 17.2 Å². The molecule has 1 heterocycles. The van der Waals surface area contributed by atoms with Gasteiger partial charge in [0.1, 0.15) is 11.4 Å². The Bertz CT molecular complexity index is 1100. The molecular weight excluding hydrogens is 338 g/mol. The fourth-order valence-corrected chi connectivity index (χ4v) is 2.81. The fraction of sp³-hybridized carbons (Fsp3) is 0. The molecule has 4 rings (SSSR count). The molecular formula is C19H12ClN3O2. The second kappa shape index (κ2) is 6.03. The largest absolute Gasteiger partial charge is 0.506 e. The molecule has 6 heteroatoms. The summed E-state index contributed by atoms with van der Waals surface area (Å²) in [6.45, 7) is 0. The summed E-state index contributed by atoms with van der Waals surface area (Å²) < 4.78 is 1.33. The second-order valence-corrected chi connectivity index (χ2v) is 6.01. The van der Waals surface area contributed by atoms with Crippen LogP contribution in [-0.2, 0) is 0 Å². The normalized spacial score (nSPS) is 10.9. The maximum Gasteiger partial charge on any atom is 0.214 e. The Morgan fingerprint density at radius 1 is 1.00 bits per heavy atom. The summed E-state index contributed by atoms with van der Waals surface area (Å²) in [7, 11) is 0. The Morgan fingerprint density at radius 3 is 2.64 bits per heavy atom. The molecule has 5 nitrogen and oxygen atoms in total. The Morgan fingerprint density at radius 2 is 1.80 bits per heavy atom. The van der Waals surface area contributed by atoms with Crippen LogP contribution < -0.4 is 0 Å². The van der Waals surface area contributed by atoms with Gasteiger partial charge in [0.15, 0.2) is 5.69 Å². The van der Waals surface area contributed by atoms with E-state index in [2.05, 4.69) is 10.3 Å². The first-order valence-electron chi connectivity index (χ1n) is 7.56. The lowest BCUT2D eigenvalue weighted by Crippen LogP contribution is -2.01. The van der Waals surface area contributed by atoms with Crippen LogP contribution in [0.3, 0.4) is 0 Å². The first-order chi connectivity index (χ1) is 12.1. The third-order valence-corrected chi connectivity index (χ3v) is 4.16. The number of phenols is 1. The monoisotopic (exact) mass is 349 g/mol. The predicted octanol–water partition coefficient (Wildman–Crippen LogP) is 4.01. The number of nitrogens with zero attached hydrogens (tertiary/aromatic N) is 3. The highest BCUT2D eigenvalue weighted by Crippen LogP contribution is 2.25. The molecule has 0 radical (unpaired) electrons. The Labute approximate surface area is 148 Å². The Hall–Kier alpha value is -3.18. The number of halogens is 1. The van der Waals surface area contributed by atoms with Crippen LogP contribution in [0.5, 0.6) is 5.75 Å². The van der Waals surface area contributed by atoms with E-state index in [1.807, 2.05) is 36.4 Å². The van der Waals surface area contributed by atoms with Gasteiger partial charge in [0.05, 0.1) is 6.20 Å². The van der Waals surface area contributed by atoms with Crippen LogP contribution in [0.25, 0.3) is 16.5 Å². The summed E-state index contributed by atoms with van der Waals surface area (Å²) >= 11 is 5.95. The molecule has 0 saturated carbocycles. The minimum Gasteiger partial charge on any atom is -0.506 e. The summed E-state index contributed by atoms with van der Waals surface area (Å²) in [5.41, 5.74) is 1.08. The maximum atomic E-state index is 12.7. The number of aromatic hydroxyl groups is 1. The summed E-state index contributed by atoms with van der Waals surface area (Å²) in [6, 6.07) is 17.9. The summed E-state index contributed by atoms with van der Waals surface area (Å²) in [5.74, 6) is -0.238. The number of hydrogen-bond donors (Lipinski definition) is 1. The van der Waals surface area contributed by atoms with Crippen LogP contribution in [0.15, 0.2) is 66.9 Å². The van der Waals surface area contributed by atoms with Crippen LogP contribution in [0, 0.1) is 0 Å². The molecule has 0 bridgehead atoms. The molecule has 0 saturated heterocycles. The maximum absolute atomic E-state index is 12.7. The highest BCUT2D eigenvalue weighted by molar-refractivity contribution is 6.30. The number of benzene rings is 3. The quantitative estimate of drug-likeness (QED) is 0.567. The highest BCUT2D eigenvalue weighted by Gasteiger charge is 2.16. The number of aromatic nitrogens is 3. The van der Waals surface area contributed by atoms with Crippen LogP contribution in [0.1, 0.15) is 16.1 Å². The van der Waals surface area contributed by atoms with Crippen LogP contribution in [0.2, 0.25) is 5.02 Å². The van der Waals surface area contributed by atoms with E-state index >= 15 is 0 Å². The van der Waals surface area contributed by atoms with Crippen molar-refractivity contribution in [2.24, 2.45) is 0 Å². The van der Waals surface area contributed by atoms with Crippen molar-refractivity contribution in [3.05, 3.63) is 83.1 Å². The molecule has 0 atom stereocenters. The van der Waals surface area contributed by atoms with E-state index in [9.17, 15) is 9.90 Å². The summed E-state index contributed by atoms with van der Waals surface area (Å²) in [5, 5.41) is 20.3. The van der Waals surface area contributed by atoms with Crippen LogP contribution in [-0.4, -0.2) is 25.9 Å². The minimum atomic E-state index is -0.237. The number of rotatable bonds is 3. The van der Waals surface area contributed by atoms with Gasteiger partial charge < -0.3 is 5.11 Å². The van der Waals surface area contributed by atoms with Gasteiger partial charge in [0.2, 0.25) is 5.78 Å². The average molecular weight is 350 g/mol. The molecule has 122 valence electrons. The van der Waals surface area contributed by atoms with Gasteiger partial charge in [-0.25, -0.2) is 4.68 Å². The standard InChI is InChI=1S/C19H12ClN3O2/c20-15-7-8-18(24)17(10-15)23-11-16(21-22-23)19(25)14-6-5-12-3-1-2-4-13(12)9-14/h1-11,24H. The number of carbonyl (C=O) groups excluding carboxylic acids is 1. The van der Waals surface area contributed by atoms with Crippen molar-refractivity contribution in [3.8, 4) is 11.4 Å². The number of phenolic OH excluding ortho intramolecular Hbond substituents is 1. The number of hydrogen-bond acceptors (Lipinski definition) is 4. The molecule has 0 aliphatic carbocycles. The molecule has 0 aliphatic rings. The van der Waals surface area contributed by atoms with Gasteiger partial charge in [-0.2, -0.15) is 0 Å². The van der Waals surface area contributed by atoms with Gasteiger partial charge in [0, 0.05) is 10.6 Å². The zero-order valence-corrected chi connectivity index (χ0v) is 13.7. The van der Waals surface area contributed by atoms with E-state index in [0.29, 0.717) is 16.3 Å². The molecule has 25 heavy (non-hydrogen) atoms. The Kier molecular flexibility index (Phi) is 3.71. The fourth-order valence-electron chi connectivity index (χ4n) is 2.64. The second-order valence-electron chi connectivity index (χ2n) is 5.57. The van der Waals surface area contributed by atoms with E-state index in [0.717, 1.165) is 10.8 Å². The van der Waals surface area contributed by atoms with Crippen molar-refractivity contribution in [3.63, 3.8) is 0 Å².